The zero-order valence-electron chi connectivity index (χ0n) is 9.64. The Hall–Kier alpha value is -1.94. The molecule has 0 saturated heterocycles. The van der Waals surface area contributed by atoms with E-state index in [1.807, 2.05) is 18.2 Å². The molecule has 0 aromatic carbocycles. The number of halogens is 1. The molecule has 4 nitrogen and oxygen atoms in total. The highest BCUT2D eigenvalue weighted by Gasteiger charge is 2.05. The maximum atomic E-state index is 11.7. The number of amides is 1. The maximum absolute atomic E-state index is 11.7. The molecule has 0 saturated carbocycles. The van der Waals surface area contributed by atoms with E-state index in [9.17, 15) is 4.79 Å². The van der Waals surface area contributed by atoms with E-state index in [1.54, 1.807) is 18.3 Å². The molecular formula is C13H12ClN3O. The minimum absolute atomic E-state index is 0.157. The van der Waals surface area contributed by atoms with Gasteiger partial charge in [-0.15, -0.1) is 0 Å². The Morgan fingerprint density at radius 1 is 1.22 bits per heavy atom. The third kappa shape index (κ3) is 3.53. The first kappa shape index (κ1) is 12.5. The van der Waals surface area contributed by atoms with E-state index < -0.39 is 0 Å². The monoisotopic (exact) mass is 261 g/mol. The lowest BCUT2D eigenvalue weighted by Gasteiger charge is -2.04. The van der Waals surface area contributed by atoms with Crippen LogP contribution in [0.3, 0.4) is 0 Å². The molecule has 2 aromatic heterocycles. The summed E-state index contributed by atoms with van der Waals surface area (Å²) in [7, 11) is 0. The molecule has 1 N–H and O–H groups in total. The van der Waals surface area contributed by atoms with Crippen molar-refractivity contribution in [2.24, 2.45) is 0 Å². The largest absolute Gasteiger partial charge is 0.352 e. The summed E-state index contributed by atoms with van der Waals surface area (Å²) in [5.74, 6) is -0.157. The highest BCUT2D eigenvalue weighted by molar-refractivity contribution is 6.29. The van der Waals surface area contributed by atoms with Gasteiger partial charge in [-0.2, -0.15) is 0 Å². The molecule has 92 valence electrons. The SMILES string of the molecule is O=C(NCCc1ccccn1)c1ccc(Cl)nc1. The van der Waals surface area contributed by atoms with E-state index >= 15 is 0 Å². The van der Waals surface area contributed by atoms with Crippen molar-refractivity contribution in [3.8, 4) is 0 Å². The molecule has 2 aromatic rings. The second-order valence-corrected chi connectivity index (χ2v) is 4.08. The fraction of sp³-hybridized carbons (Fsp3) is 0.154. The first-order valence-electron chi connectivity index (χ1n) is 5.55. The van der Waals surface area contributed by atoms with E-state index in [4.69, 9.17) is 11.6 Å². The van der Waals surface area contributed by atoms with Crippen LogP contribution in [0.5, 0.6) is 0 Å². The Morgan fingerprint density at radius 2 is 2.11 bits per heavy atom. The second-order valence-electron chi connectivity index (χ2n) is 3.70. The van der Waals surface area contributed by atoms with Crippen LogP contribution < -0.4 is 5.32 Å². The van der Waals surface area contributed by atoms with Gasteiger partial charge in [-0.3, -0.25) is 9.78 Å². The minimum atomic E-state index is -0.157. The molecule has 0 bridgehead atoms. The fourth-order valence-electron chi connectivity index (χ4n) is 1.46. The topological polar surface area (TPSA) is 54.9 Å². The van der Waals surface area contributed by atoms with Crippen LogP contribution in [-0.2, 0) is 6.42 Å². The van der Waals surface area contributed by atoms with Crippen molar-refractivity contribution in [2.75, 3.05) is 6.54 Å². The normalized spacial score (nSPS) is 10.1. The van der Waals surface area contributed by atoms with Crippen LogP contribution in [0.15, 0.2) is 42.7 Å². The molecule has 18 heavy (non-hydrogen) atoms. The van der Waals surface area contributed by atoms with Gasteiger partial charge in [0.2, 0.25) is 0 Å². The van der Waals surface area contributed by atoms with Gasteiger partial charge in [0.05, 0.1) is 5.56 Å². The molecule has 0 aliphatic rings. The molecule has 0 radical (unpaired) electrons. The molecular weight excluding hydrogens is 250 g/mol. The lowest BCUT2D eigenvalue weighted by atomic mass is 10.2. The summed E-state index contributed by atoms with van der Waals surface area (Å²) in [4.78, 5) is 19.8. The first-order valence-corrected chi connectivity index (χ1v) is 5.93. The average Bonchev–Trinajstić information content (AvgIpc) is 2.40. The number of carbonyl (C=O) groups excluding carboxylic acids is 1. The molecule has 2 heterocycles. The smallest absolute Gasteiger partial charge is 0.252 e. The summed E-state index contributed by atoms with van der Waals surface area (Å²) in [6, 6.07) is 8.95. The van der Waals surface area contributed by atoms with Crippen molar-refractivity contribution < 1.29 is 4.79 Å². The van der Waals surface area contributed by atoms with Crippen molar-refractivity contribution in [3.63, 3.8) is 0 Å². The summed E-state index contributed by atoms with van der Waals surface area (Å²) >= 11 is 5.65. The third-order valence-electron chi connectivity index (χ3n) is 2.38. The van der Waals surface area contributed by atoms with Gasteiger partial charge in [-0.25, -0.2) is 4.98 Å². The molecule has 0 atom stereocenters. The number of aromatic nitrogens is 2. The molecule has 0 fully saturated rings. The Bertz CT molecular complexity index is 514. The molecule has 0 aliphatic carbocycles. The van der Waals surface area contributed by atoms with E-state index in [0.29, 0.717) is 23.7 Å². The second kappa shape index (κ2) is 6.12. The van der Waals surface area contributed by atoms with Crippen LogP contribution in [0.1, 0.15) is 16.1 Å². The van der Waals surface area contributed by atoms with Crippen molar-refractivity contribution in [2.45, 2.75) is 6.42 Å². The third-order valence-corrected chi connectivity index (χ3v) is 2.61. The lowest BCUT2D eigenvalue weighted by molar-refractivity contribution is 0.0953. The molecule has 0 spiro atoms. The number of nitrogens with zero attached hydrogens (tertiary/aromatic N) is 2. The van der Waals surface area contributed by atoms with Gasteiger partial charge in [0.25, 0.3) is 5.91 Å². The first-order chi connectivity index (χ1) is 8.75. The van der Waals surface area contributed by atoms with Crippen LogP contribution in [0.25, 0.3) is 0 Å². The Morgan fingerprint density at radius 3 is 2.78 bits per heavy atom. The number of hydrogen-bond donors (Lipinski definition) is 1. The van der Waals surface area contributed by atoms with E-state index in [-0.39, 0.29) is 5.91 Å². The van der Waals surface area contributed by atoms with Crippen molar-refractivity contribution in [3.05, 3.63) is 59.1 Å². The van der Waals surface area contributed by atoms with Gasteiger partial charge < -0.3 is 5.32 Å². The number of hydrogen-bond acceptors (Lipinski definition) is 3. The van der Waals surface area contributed by atoms with Crippen LogP contribution in [-0.4, -0.2) is 22.4 Å². The van der Waals surface area contributed by atoms with Crippen LogP contribution >= 0.6 is 11.6 Å². The predicted molar refractivity (Wildman–Crippen MR) is 69.5 cm³/mol. The van der Waals surface area contributed by atoms with Crippen LogP contribution in [0.2, 0.25) is 5.15 Å². The maximum Gasteiger partial charge on any atom is 0.252 e. The van der Waals surface area contributed by atoms with Gasteiger partial charge in [0.1, 0.15) is 5.15 Å². The standard InChI is InChI=1S/C13H12ClN3O/c14-12-5-4-10(9-17-12)13(18)16-8-6-11-3-1-2-7-15-11/h1-5,7,9H,6,8H2,(H,16,18). The summed E-state index contributed by atoms with van der Waals surface area (Å²) in [6.07, 6.45) is 3.90. The summed E-state index contributed by atoms with van der Waals surface area (Å²) in [6.45, 7) is 0.540. The van der Waals surface area contributed by atoms with Crippen LogP contribution in [0.4, 0.5) is 0 Å². The van der Waals surface area contributed by atoms with E-state index in [1.165, 1.54) is 6.20 Å². The Balaban J connectivity index is 1.84. The lowest BCUT2D eigenvalue weighted by Crippen LogP contribution is -2.25. The Kier molecular flexibility index (Phi) is 4.25. The number of rotatable bonds is 4. The van der Waals surface area contributed by atoms with Gasteiger partial charge in [-0.1, -0.05) is 17.7 Å². The van der Waals surface area contributed by atoms with Crippen molar-refractivity contribution in [1.29, 1.82) is 0 Å². The highest BCUT2D eigenvalue weighted by Crippen LogP contribution is 2.05. The minimum Gasteiger partial charge on any atom is -0.352 e. The van der Waals surface area contributed by atoms with E-state index in [2.05, 4.69) is 15.3 Å². The van der Waals surface area contributed by atoms with Gasteiger partial charge in [0, 0.05) is 31.1 Å². The molecule has 5 heteroatoms. The van der Waals surface area contributed by atoms with Gasteiger partial charge in [0.15, 0.2) is 0 Å². The molecule has 0 aliphatic heterocycles. The number of nitrogens with one attached hydrogen (secondary N) is 1. The fourth-order valence-corrected chi connectivity index (χ4v) is 1.57. The molecule has 2 rings (SSSR count). The molecule has 0 unspecified atom stereocenters. The molecule has 1 amide bonds. The highest BCUT2D eigenvalue weighted by atomic mass is 35.5. The van der Waals surface area contributed by atoms with Crippen molar-refractivity contribution >= 4 is 17.5 Å². The van der Waals surface area contributed by atoms with Gasteiger partial charge >= 0.3 is 0 Å². The quantitative estimate of drug-likeness (QED) is 0.858. The summed E-state index contributed by atoms with van der Waals surface area (Å²) in [5, 5.41) is 3.18. The van der Waals surface area contributed by atoms with Gasteiger partial charge in [-0.05, 0) is 24.3 Å². The zero-order chi connectivity index (χ0) is 12.8. The summed E-state index contributed by atoms with van der Waals surface area (Å²) < 4.78 is 0. The van der Waals surface area contributed by atoms with E-state index in [0.717, 1.165) is 5.69 Å². The number of carbonyl (C=O) groups is 1. The van der Waals surface area contributed by atoms with Crippen molar-refractivity contribution in [1.82, 2.24) is 15.3 Å². The number of pyridine rings is 2. The zero-order valence-corrected chi connectivity index (χ0v) is 10.4. The Labute approximate surface area is 110 Å². The van der Waals surface area contributed by atoms with Crippen LogP contribution in [0, 0.1) is 0 Å². The predicted octanol–water partition coefficient (Wildman–Crippen LogP) is 2.10. The summed E-state index contributed by atoms with van der Waals surface area (Å²) in [5.41, 5.74) is 1.45. The average molecular weight is 262 g/mol.